The maximum Gasteiger partial charge on any atom is 0.166 e. The molecule has 0 bridgehead atoms. The van der Waals surface area contributed by atoms with Gasteiger partial charge in [0.05, 0.1) is 17.6 Å². The highest BCUT2D eigenvalue weighted by Gasteiger charge is 2.07. The van der Waals surface area contributed by atoms with E-state index in [0.717, 1.165) is 40.8 Å². The first-order chi connectivity index (χ1) is 9.72. The van der Waals surface area contributed by atoms with Gasteiger partial charge in [-0.3, -0.25) is 0 Å². The van der Waals surface area contributed by atoms with Crippen LogP contribution >= 0.6 is 11.8 Å². The molecular formula is C15H23N3OS. The molecule has 0 aliphatic heterocycles. The molecule has 0 radical (unpaired) electrons. The third kappa shape index (κ3) is 4.15. The van der Waals surface area contributed by atoms with Gasteiger partial charge in [-0.2, -0.15) is 0 Å². The maximum atomic E-state index is 5.50. The molecule has 0 saturated carbocycles. The first-order valence-electron chi connectivity index (χ1n) is 7.19. The lowest BCUT2D eigenvalue weighted by Crippen LogP contribution is -2.21. The molecule has 20 heavy (non-hydrogen) atoms. The number of imidazole rings is 1. The summed E-state index contributed by atoms with van der Waals surface area (Å²) in [4.78, 5) is 7.95. The molecule has 1 aromatic carbocycles. The van der Waals surface area contributed by atoms with E-state index in [0.29, 0.717) is 12.5 Å². The number of nitrogens with zero attached hydrogens (tertiary/aromatic N) is 1. The predicted octanol–water partition coefficient (Wildman–Crippen LogP) is 3.30. The van der Waals surface area contributed by atoms with E-state index in [4.69, 9.17) is 4.74 Å². The van der Waals surface area contributed by atoms with E-state index in [1.807, 2.05) is 25.1 Å². The lowest BCUT2D eigenvalue weighted by atomic mass is 10.2. The molecule has 110 valence electrons. The standard InChI is InChI=1S/C15H23N3OS/c1-4-16-9-11(3)10-20-15-17-13-7-6-12(19-5-2)8-14(13)18-15/h6-8,11,16H,4-5,9-10H2,1-3H3,(H,17,18). The number of aromatic nitrogens is 2. The third-order valence-corrected chi connectivity index (χ3v) is 4.19. The van der Waals surface area contributed by atoms with Crippen molar-refractivity contribution in [1.82, 2.24) is 15.3 Å². The molecule has 0 fully saturated rings. The monoisotopic (exact) mass is 293 g/mol. The Morgan fingerprint density at radius 2 is 2.25 bits per heavy atom. The van der Waals surface area contributed by atoms with Gasteiger partial charge in [0, 0.05) is 11.8 Å². The van der Waals surface area contributed by atoms with E-state index in [-0.39, 0.29) is 0 Å². The Hall–Kier alpha value is -1.20. The minimum atomic E-state index is 0.632. The lowest BCUT2D eigenvalue weighted by Gasteiger charge is -2.09. The summed E-state index contributed by atoms with van der Waals surface area (Å²) in [5, 5.41) is 4.36. The van der Waals surface area contributed by atoms with Crippen LogP contribution in [0, 0.1) is 5.92 Å². The number of benzene rings is 1. The van der Waals surface area contributed by atoms with Crippen molar-refractivity contribution in [2.75, 3.05) is 25.4 Å². The van der Waals surface area contributed by atoms with Gasteiger partial charge < -0.3 is 15.0 Å². The van der Waals surface area contributed by atoms with Crippen LogP contribution in [0.2, 0.25) is 0 Å². The van der Waals surface area contributed by atoms with Crippen LogP contribution in [0.1, 0.15) is 20.8 Å². The van der Waals surface area contributed by atoms with Crippen LogP contribution in [0.15, 0.2) is 23.4 Å². The summed E-state index contributed by atoms with van der Waals surface area (Å²) in [6.07, 6.45) is 0. The quantitative estimate of drug-likeness (QED) is 0.733. The molecule has 1 aromatic heterocycles. The number of rotatable bonds is 8. The van der Waals surface area contributed by atoms with E-state index in [1.54, 1.807) is 11.8 Å². The molecule has 1 atom stereocenters. The molecule has 1 heterocycles. The first kappa shape index (κ1) is 15.2. The average molecular weight is 293 g/mol. The van der Waals surface area contributed by atoms with E-state index in [9.17, 15) is 0 Å². The summed E-state index contributed by atoms with van der Waals surface area (Å²) in [6, 6.07) is 5.98. The van der Waals surface area contributed by atoms with Crippen LogP contribution in [0.25, 0.3) is 11.0 Å². The minimum Gasteiger partial charge on any atom is -0.494 e. The van der Waals surface area contributed by atoms with Gasteiger partial charge in [-0.1, -0.05) is 25.6 Å². The number of thioether (sulfide) groups is 1. The van der Waals surface area contributed by atoms with E-state index in [1.165, 1.54) is 0 Å². The van der Waals surface area contributed by atoms with Crippen LogP contribution in [-0.4, -0.2) is 35.4 Å². The molecule has 2 aromatic rings. The van der Waals surface area contributed by atoms with E-state index in [2.05, 4.69) is 29.1 Å². The number of nitrogens with one attached hydrogen (secondary N) is 2. The summed E-state index contributed by atoms with van der Waals surface area (Å²) in [5.74, 6) is 2.58. The summed E-state index contributed by atoms with van der Waals surface area (Å²) in [5.41, 5.74) is 2.04. The second-order valence-electron chi connectivity index (χ2n) is 4.88. The summed E-state index contributed by atoms with van der Waals surface area (Å²) < 4.78 is 5.50. The van der Waals surface area contributed by atoms with Gasteiger partial charge >= 0.3 is 0 Å². The molecule has 0 aliphatic carbocycles. The Bertz CT molecular complexity index is 541. The van der Waals surface area contributed by atoms with Crippen LogP contribution in [0.3, 0.4) is 0 Å². The highest BCUT2D eigenvalue weighted by Crippen LogP contribution is 2.24. The Labute approximate surface area is 124 Å². The third-order valence-electron chi connectivity index (χ3n) is 2.99. The van der Waals surface area contributed by atoms with Crippen LogP contribution in [0.5, 0.6) is 5.75 Å². The van der Waals surface area contributed by atoms with Crippen molar-refractivity contribution in [2.45, 2.75) is 25.9 Å². The lowest BCUT2D eigenvalue weighted by molar-refractivity contribution is 0.340. The van der Waals surface area contributed by atoms with Gasteiger partial charge in [0.1, 0.15) is 5.75 Å². The van der Waals surface area contributed by atoms with Crippen molar-refractivity contribution >= 4 is 22.8 Å². The highest BCUT2D eigenvalue weighted by molar-refractivity contribution is 7.99. The van der Waals surface area contributed by atoms with Gasteiger partial charge in [-0.15, -0.1) is 0 Å². The zero-order valence-electron chi connectivity index (χ0n) is 12.4. The van der Waals surface area contributed by atoms with Crippen molar-refractivity contribution in [3.05, 3.63) is 18.2 Å². The van der Waals surface area contributed by atoms with Gasteiger partial charge in [0.25, 0.3) is 0 Å². The summed E-state index contributed by atoms with van der Waals surface area (Å²) >= 11 is 1.78. The molecule has 0 aliphatic rings. The van der Waals surface area contributed by atoms with Gasteiger partial charge in [-0.25, -0.2) is 4.98 Å². The van der Waals surface area contributed by atoms with Crippen molar-refractivity contribution in [1.29, 1.82) is 0 Å². The maximum absolute atomic E-state index is 5.50. The van der Waals surface area contributed by atoms with Crippen LogP contribution < -0.4 is 10.1 Å². The van der Waals surface area contributed by atoms with Crippen molar-refractivity contribution in [2.24, 2.45) is 5.92 Å². The highest BCUT2D eigenvalue weighted by atomic mass is 32.2. The zero-order valence-corrected chi connectivity index (χ0v) is 13.2. The Kier molecular flexibility index (Phi) is 5.73. The van der Waals surface area contributed by atoms with E-state index >= 15 is 0 Å². The number of ether oxygens (including phenoxy) is 1. The summed E-state index contributed by atoms with van der Waals surface area (Å²) in [6.45, 7) is 9.14. The molecule has 0 amide bonds. The largest absolute Gasteiger partial charge is 0.494 e. The molecule has 2 N–H and O–H groups in total. The molecule has 0 spiro atoms. The normalized spacial score (nSPS) is 12.8. The average Bonchev–Trinajstić information content (AvgIpc) is 2.85. The first-order valence-corrected chi connectivity index (χ1v) is 8.17. The number of aromatic amines is 1. The molecule has 0 saturated heterocycles. The molecule has 5 heteroatoms. The fourth-order valence-electron chi connectivity index (χ4n) is 1.96. The van der Waals surface area contributed by atoms with Crippen molar-refractivity contribution in [3.8, 4) is 5.75 Å². The Morgan fingerprint density at radius 3 is 3.00 bits per heavy atom. The number of hydrogen-bond acceptors (Lipinski definition) is 4. The summed E-state index contributed by atoms with van der Waals surface area (Å²) in [7, 11) is 0. The van der Waals surface area contributed by atoms with Crippen LogP contribution in [-0.2, 0) is 0 Å². The molecule has 2 rings (SSSR count). The van der Waals surface area contributed by atoms with Crippen molar-refractivity contribution in [3.63, 3.8) is 0 Å². The van der Waals surface area contributed by atoms with Gasteiger partial charge in [0.2, 0.25) is 0 Å². The zero-order chi connectivity index (χ0) is 14.4. The smallest absolute Gasteiger partial charge is 0.166 e. The number of fused-ring (bicyclic) bond motifs is 1. The van der Waals surface area contributed by atoms with Crippen molar-refractivity contribution < 1.29 is 4.74 Å². The molecular weight excluding hydrogens is 270 g/mol. The fraction of sp³-hybridized carbons (Fsp3) is 0.533. The van der Waals surface area contributed by atoms with Gasteiger partial charge in [-0.05, 0) is 38.1 Å². The Morgan fingerprint density at radius 1 is 1.40 bits per heavy atom. The van der Waals surface area contributed by atoms with Gasteiger partial charge in [0.15, 0.2) is 5.16 Å². The predicted molar refractivity (Wildman–Crippen MR) is 85.7 cm³/mol. The van der Waals surface area contributed by atoms with E-state index < -0.39 is 0 Å². The van der Waals surface area contributed by atoms with Crippen LogP contribution in [0.4, 0.5) is 0 Å². The fourth-order valence-corrected chi connectivity index (χ4v) is 2.87. The second-order valence-corrected chi connectivity index (χ2v) is 5.89. The number of hydrogen-bond donors (Lipinski definition) is 2. The second kappa shape index (κ2) is 7.55. The molecule has 1 unspecified atom stereocenters. The minimum absolute atomic E-state index is 0.632. The topological polar surface area (TPSA) is 49.9 Å². The number of H-pyrrole nitrogens is 1. The Balaban J connectivity index is 1.97. The molecule has 4 nitrogen and oxygen atoms in total. The SMILES string of the molecule is CCNCC(C)CSc1nc2ccc(OCC)cc2[nH]1.